The van der Waals surface area contributed by atoms with Crippen LogP contribution in [0.2, 0.25) is 0 Å². The van der Waals surface area contributed by atoms with Crippen LogP contribution >= 0.6 is 0 Å². The molecule has 1 heterocycles. The lowest BCUT2D eigenvalue weighted by Crippen LogP contribution is -2.26. The number of esters is 1. The van der Waals surface area contributed by atoms with Crippen LogP contribution in [0, 0.1) is 10.1 Å². The van der Waals surface area contributed by atoms with E-state index in [9.17, 15) is 19.7 Å². The predicted molar refractivity (Wildman–Crippen MR) is 131 cm³/mol. The van der Waals surface area contributed by atoms with Crippen molar-refractivity contribution in [3.05, 3.63) is 94.0 Å². The van der Waals surface area contributed by atoms with Crippen molar-refractivity contribution in [1.82, 2.24) is 0 Å². The van der Waals surface area contributed by atoms with Crippen LogP contribution in [0.5, 0.6) is 5.75 Å². The molecule has 3 aromatic rings. The molecule has 1 amide bonds. The highest BCUT2D eigenvalue weighted by atomic mass is 16.6. The second kappa shape index (κ2) is 10.7. The van der Waals surface area contributed by atoms with Gasteiger partial charge in [-0.05, 0) is 37.1 Å². The van der Waals surface area contributed by atoms with E-state index in [1.54, 1.807) is 60.7 Å². The number of nitrogens with one attached hydrogen (secondary N) is 1. The summed E-state index contributed by atoms with van der Waals surface area (Å²) < 4.78 is 10.8. The third-order valence-corrected chi connectivity index (χ3v) is 5.76. The smallest absolute Gasteiger partial charge is 0.339 e. The van der Waals surface area contributed by atoms with E-state index >= 15 is 0 Å². The van der Waals surface area contributed by atoms with Crippen molar-refractivity contribution in [2.24, 2.45) is 0 Å². The number of carbonyl (C=O) groups excluding carboxylic acids is 2. The van der Waals surface area contributed by atoms with Crippen molar-refractivity contribution >= 4 is 28.9 Å². The van der Waals surface area contributed by atoms with Gasteiger partial charge in [-0.1, -0.05) is 36.4 Å². The third-order valence-electron chi connectivity index (χ3n) is 5.76. The lowest BCUT2D eigenvalue weighted by Gasteiger charge is -2.20. The summed E-state index contributed by atoms with van der Waals surface area (Å²) in [7, 11) is 1.52. The fourth-order valence-electron chi connectivity index (χ4n) is 4.01. The summed E-state index contributed by atoms with van der Waals surface area (Å²) >= 11 is 0. The number of rotatable bonds is 8. The molecule has 1 atom stereocenters. The van der Waals surface area contributed by atoms with Crippen LogP contribution in [0.25, 0.3) is 0 Å². The zero-order valence-corrected chi connectivity index (χ0v) is 19.2. The number of nitro benzene ring substituents is 1. The number of carbonyl (C=O) groups is 2. The Kier molecular flexibility index (Phi) is 7.25. The number of methoxy groups -OCH3 is 1. The Bertz CT molecular complexity index is 1220. The Hall–Kier alpha value is -4.40. The molecular weight excluding hydrogens is 450 g/mol. The summed E-state index contributed by atoms with van der Waals surface area (Å²) in [6.45, 7) is 1.45. The lowest BCUT2D eigenvalue weighted by atomic mass is 10.1. The second-order valence-electron chi connectivity index (χ2n) is 8.07. The zero-order chi connectivity index (χ0) is 24.8. The topological polar surface area (TPSA) is 111 Å². The van der Waals surface area contributed by atoms with Crippen LogP contribution in [0.3, 0.4) is 0 Å². The molecule has 1 N–H and O–H groups in total. The fourth-order valence-corrected chi connectivity index (χ4v) is 4.01. The number of anilines is 2. The maximum atomic E-state index is 13.1. The molecule has 180 valence electrons. The second-order valence-corrected chi connectivity index (χ2v) is 8.07. The number of hydrogen-bond acceptors (Lipinski definition) is 7. The van der Waals surface area contributed by atoms with Crippen molar-refractivity contribution in [1.29, 1.82) is 0 Å². The van der Waals surface area contributed by atoms with Crippen molar-refractivity contribution in [3.63, 3.8) is 0 Å². The van der Waals surface area contributed by atoms with E-state index in [0.717, 1.165) is 25.9 Å². The van der Waals surface area contributed by atoms with Gasteiger partial charge >= 0.3 is 5.97 Å². The summed E-state index contributed by atoms with van der Waals surface area (Å²) in [5, 5.41) is 14.4. The molecule has 3 aromatic carbocycles. The van der Waals surface area contributed by atoms with Gasteiger partial charge in [0.25, 0.3) is 11.6 Å². The molecule has 1 fully saturated rings. The molecule has 0 saturated carbocycles. The van der Waals surface area contributed by atoms with Crippen LogP contribution in [0.15, 0.2) is 72.8 Å². The van der Waals surface area contributed by atoms with E-state index < -0.39 is 22.9 Å². The van der Waals surface area contributed by atoms with E-state index in [2.05, 4.69) is 5.32 Å². The number of nitrogens with zero attached hydrogens (tertiary/aromatic N) is 2. The number of nitro groups is 1. The number of amides is 1. The Morgan fingerprint density at radius 2 is 1.74 bits per heavy atom. The Labute approximate surface area is 202 Å². The van der Waals surface area contributed by atoms with Gasteiger partial charge < -0.3 is 19.7 Å². The molecule has 1 saturated heterocycles. The minimum atomic E-state index is -1.27. The van der Waals surface area contributed by atoms with Crippen LogP contribution in [-0.4, -0.2) is 37.0 Å². The van der Waals surface area contributed by atoms with Crippen LogP contribution in [0.1, 0.15) is 34.9 Å². The molecular formula is C26H25N3O6. The van der Waals surface area contributed by atoms with E-state index in [4.69, 9.17) is 9.47 Å². The van der Waals surface area contributed by atoms with E-state index in [1.807, 2.05) is 4.90 Å². The Balaban J connectivity index is 1.59. The maximum Gasteiger partial charge on any atom is 0.339 e. The van der Waals surface area contributed by atoms with Crippen molar-refractivity contribution in [2.75, 3.05) is 30.4 Å². The average molecular weight is 476 g/mol. The molecule has 0 spiro atoms. The van der Waals surface area contributed by atoms with E-state index in [-0.39, 0.29) is 11.3 Å². The summed E-state index contributed by atoms with van der Waals surface area (Å²) in [5.74, 6) is -0.849. The van der Waals surface area contributed by atoms with E-state index in [1.165, 1.54) is 19.2 Å². The molecule has 4 rings (SSSR count). The van der Waals surface area contributed by atoms with Gasteiger partial charge in [-0.15, -0.1) is 0 Å². The minimum Gasteiger partial charge on any atom is -0.497 e. The predicted octanol–water partition coefficient (Wildman–Crippen LogP) is 4.74. The van der Waals surface area contributed by atoms with Crippen molar-refractivity contribution in [2.45, 2.75) is 18.9 Å². The first kappa shape index (κ1) is 23.7. The minimum absolute atomic E-state index is 0.00485. The first-order chi connectivity index (χ1) is 17.0. The molecule has 0 unspecified atom stereocenters. The molecule has 1 aliphatic heterocycles. The first-order valence-corrected chi connectivity index (χ1v) is 11.2. The first-order valence-electron chi connectivity index (χ1n) is 11.2. The fraction of sp³-hybridized carbons (Fsp3) is 0.231. The van der Waals surface area contributed by atoms with Crippen LogP contribution in [-0.2, 0) is 9.53 Å². The van der Waals surface area contributed by atoms with E-state index in [0.29, 0.717) is 22.7 Å². The molecule has 9 nitrogen and oxygen atoms in total. The Morgan fingerprint density at radius 3 is 2.43 bits per heavy atom. The summed E-state index contributed by atoms with van der Waals surface area (Å²) in [5.41, 5.74) is 1.23. The molecule has 0 radical (unpaired) electrons. The third kappa shape index (κ3) is 5.57. The number of benzene rings is 3. The molecule has 1 aliphatic rings. The standard InChI is InChI=1S/C26H25N3O6/c1-34-21-11-7-10-20(17-21)27-25(30)24(18-8-3-2-4-9-18)35-26(31)19-12-13-22(23(16-19)29(32)33)28-14-5-6-15-28/h2-4,7-13,16-17,24H,5-6,14-15H2,1H3,(H,27,30)/t24-/m1/s1. The summed E-state index contributed by atoms with van der Waals surface area (Å²) in [6.07, 6.45) is 0.650. The quantitative estimate of drug-likeness (QED) is 0.285. The Morgan fingerprint density at radius 1 is 1.00 bits per heavy atom. The molecule has 0 bridgehead atoms. The zero-order valence-electron chi connectivity index (χ0n) is 19.2. The molecule has 35 heavy (non-hydrogen) atoms. The van der Waals surface area contributed by atoms with Gasteiger partial charge in [0.1, 0.15) is 11.4 Å². The highest BCUT2D eigenvalue weighted by Gasteiger charge is 2.28. The lowest BCUT2D eigenvalue weighted by molar-refractivity contribution is -0.384. The van der Waals surface area contributed by atoms with Gasteiger partial charge in [-0.2, -0.15) is 0 Å². The highest BCUT2D eigenvalue weighted by Crippen LogP contribution is 2.32. The SMILES string of the molecule is COc1cccc(NC(=O)[C@H](OC(=O)c2ccc(N3CCCC3)c([N+](=O)[O-])c2)c2ccccc2)c1. The molecule has 9 heteroatoms. The van der Waals surface area contributed by atoms with Gasteiger partial charge in [0.2, 0.25) is 6.10 Å². The van der Waals surface area contributed by atoms with Gasteiger partial charge in [-0.3, -0.25) is 14.9 Å². The van der Waals surface area contributed by atoms with Gasteiger partial charge in [0.15, 0.2) is 0 Å². The molecule has 0 aromatic heterocycles. The molecule has 0 aliphatic carbocycles. The monoisotopic (exact) mass is 475 g/mol. The summed E-state index contributed by atoms with van der Waals surface area (Å²) in [4.78, 5) is 39.3. The number of ether oxygens (including phenoxy) is 2. The van der Waals surface area contributed by atoms with Crippen molar-refractivity contribution < 1.29 is 24.0 Å². The maximum absolute atomic E-state index is 13.1. The van der Waals surface area contributed by atoms with Crippen molar-refractivity contribution in [3.8, 4) is 5.75 Å². The average Bonchev–Trinajstić information content (AvgIpc) is 3.42. The summed E-state index contributed by atoms with van der Waals surface area (Å²) in [6, 6.07) is 19.6. The van der Waals surface area contributed by atoms with Gasteiger partial charge in [0.05, 0.1) is 17.6 Å². The van der Waals surface area contributed by atoms with Crippen LogP contribution < -0.4 is 15.0 Å². The van der Waals surface area contributed by atoms with Gasteiger partial charge in [0, 0.05) is 36.5 Å². The number of hydrogen-bond donors (Lipinski definition) is 1. The van der Waals surface area contributed by atoms with Crippen LogP contribution in [0.4, 0.5) is 17.1 Å². The normalized spacial score (nSPS) is 13.7. The highest BCUT2D eigenvalue weighted by molar-refractivity contribution is 5.98. The largest absolute Gasteiger partial charge is 0.497 e. The van der Waals surface area contributed by atoms with Gasteiger partial charge in [-0.25, -0.2) is 4.79 Å².